The van der Waals surface area contributed by atoms with Gasteiger partial charge in [0.2, 0.25) is 16.0 Å². The second kappa shape index (κ2) is 9.33. The number of nitrogens with one attached hydrogen (secondary N) is 2. The minimum absolute atomic E-state index is 0.0866. The van der Waals surface area contributed by atoms with Gasteiger partial charge in [0.05, 0.1) is 10.4 Å². The Balaban J connectivity index is 1.33. The highest BCUT2D eigenvalue weighted by molar-refractivity contribution is 7.89. The van der Waals surface area contributed by atoms with Crippen LogP contribution >= 0.6 is 0 Å². The normalized spacial score (nSPS) is 12.3. The summed E-state index contributed by atoms with van der Waals surface area (Å²) in [5, 5.41) is 5.71. The topological polar surface area (TPSA) is 110 Å². The minimum atomic E-state index is -3.60. The lowest BCUT2D eigenvalue weighted by Gasteiger charge is -2.25. The van der Waals surface area contributed by atoms with Gasteiger partial charge in [-0.05, 0) is 41.8 Å². The number of para-hydroxylation sites is 1. The van der Waals surface area contributed by atoms with Crippen LogP contribution in [0.25, 0.3) is 21.7 Å². The third kappa shape index (κ3) is 5.40. The SMILES string of the molecule is CC(C)(CCNc1nc(N)c2ccccc2n1)CCNS(=O)(=O)c1cccc2ccccc12. The molecule has 1 aromatic heterocycles. The van der Waals surface area contributed by atoms with Crippen LogP contribution in [0.3, 0.4) is 0 Å². The van der Waals surface area contributed by atoms with Crippen LogP contribution in [-0.2, 0) is 10.0 Å². The van der Waals surface area contributed by atoms with E-state index in [0.717, 1.165) is 28.1 Å². The van der Waals surface area contributed by atoms with Gasteiger partial charge in [0, 0.05) is 23.9 Å². The van der Waals surface area contributed by atoms with Gasteiger partial charge in [0.25, 0.3) is 0 Å². The lowest BCUT2D eigenvalue weighted by Crippen LogP contribution is -2.29. The minimum Gasteiger partial charge on any atom is -0.383 e. The number of hydrogen-bond donors (Lipinski definition) is 3. The number of aromatic nitrogens is 2. The number of rotatable bonds is 9. The Labute approximate surface area is 194 Å². The molecular weight excluding hydrogens is 434 g/mol. The van der Waals surface area contributed by atoms with Crippen molar-refractivity contribution in [2.45, 2.75) is 31.6 Å². The van der Waals surface area contributed by atoms with E-state index >= 15 is 0 Å². The molecule has 1 heterocycles. The van der Waals surface area contributed by atoms with Crippen molar-refractivity contribution in [1.82, 2.24) is 14.7 Å². The summed E-state index contributed by atoms with van der Waals surface area (Å²) in [6.45, 7) is 5.26. The van der Waals surface area contributed by atoms with Crippen molar-refractivity contribution in [3.63, 3.8) is 0 Å². The highest BCUT2D eigenvalue weighted by atomic mass is 32.2. The fourth-order valence-corrected chi connectivity index (χ4v) is 5.11. The third-order valence-corrected chi connectivity index (χ3v) is 7.37. The molecule has 0 amide bonds. The highest BCUT2D eigenvalue weighted by Crippen LogP contribution is 2.26. The molecule has 7 nitrogen and oxygen atoms in total. The van der Waals surface area contributed by atoms with Crippen LogP contribution < -0.4 is 15.8 Å². The van der Waals surface area contributed by atoms with E-state index in [-0.39, 0.29) is 5.41 Å². The number of fused-ring (bicyclic) bond motifs is 2. The van der Waals surface area contributed by atoms with Crippen molar-refractivity contribution in [2.75, 3.05) is 24.1 Å². The number of anilines is 2. The first kappa shape index (κ1) is 22.9. The van der Waals surface area contributed by atoms with Crippen molar-refractivity contribution in [1.29, 1.82) is 0 Å². The summed E-state index contributed by atoms with van der Waals surface area (Å²) in [7, 11) is -3.60. The van der Waals surface area contributed by atoms with Crippen LogP contribution in [0.4, 0.5) is 11.8 Å². The Bertz CT molecular complexity index is 1380. The third-order valence-electron chi connectivity index (χ3n) is 5.85. The molecule has 0 aliphatic rings. The molecule has 3 aromatic carbocycles. The Morgan fingerprint density at radius 3 is 2.33 bits per heavy atom. The molecule has 0 saturated carbocycles. The largest absolute Gasteiger partial charge is 0.383 e. The fraction of sp³-hybridized carbons (Fsp3) is 0.280. The van der Waals surface area contributed by atoms with Gasteiger partial charge in [0.1, 0.15) is 5.82 Å². The van der Waals surface area contributed by atoms with Crippen LogP contribution in [-0.4, -0.2) is 31.5 Å². The van der Waals surface area contributed by atoms with E-state index in [1.54, 1.807) is 12.1 Å². The molecule has 0 aliphatic heterocycles. The molecule has 0 spiro atoms. The number of benzene rings is 3. The average Bonchev–Trinajstić information content (AvgIpc) is 2.78. The van der Waals surface area contributed by atoms with Crippen LogP contribution in [0.5, 0.6) is 0 Å². The summed E-state index contributed by atoms with van der Waals surface area (Å²) in [6, 6.07) is 20.5. The molecule has 4 aromatic rings. The van der Waals surface area contributed by atoms with E-state index in [9.17, 15) is 8.42 Å². The first-order chi connectivity index (χ1) is 15.8. The lowest BCUT2D eigenvalue weighted by atomic mass is 9.86. The van der Waals surface area contributed by atoms with Crippen LogP contribution in [0, 0.1) is 5.41 Å². The van der Waals surface area contributed by atoms with E-state index in [0.29, 0.717) is 36.2 Å². The van der Waals surface area contributed by atoms with Gasteiger partial charge in [0.15, 0.2) is 0 Å². The van der Waals surface area contributed by atoms with Crippen molar-refractivity contribution >= 4 is 43.5 Å². The summed E-state index contributed by atoms with van der Waals surface area (Å²) in [5.41, 5.74) is 6.76. The van der Waals surface area contributed by atoms with Gasteiger partial charge in [-0.15, -0.1) is 0 Å². The van der Waals surface area contributed by atoms with Gasteiger partial charge in [-0.3, -0.25) is 0 Å². The number of sulfonamides is 1. The molecule has 4 rings (SSSR count). The first-order valence-corrected chi connectivity index (χ1v) is 12.5. The zero-order valence-electron chi connectivity index (χ0n) is 18.9. The van der Waals surface area contributed by atoms with Gasteiger partial charge in [-0.2, -0.15) is 4.98 Å². The molecule has 0 atom stereocenters. The summed E-state index contributed by atoms with van der Waals surface area (Å²) >= 11 is 0. The van der Waals surface area contributed by atoms with Crippen molar-refractivity contribution in [3.05, 3.63) is 66.7 Å². The van der Waals surface area contributed by atoms with Gasteiger partial charge < -0.3 is 11.1 Å². The molecule has 0 saturated heterocycles. The van der Waals surface area contributed by atoms with Crippen LogP contribution in [0.15, 0.2) is 71.6 Å². The fourth-order valence-electron chi connectivity index (χ4n) is 3.85. The Kier molecular flexibility index (Phi) is 6.49. The maximum atomic E-state index is 12.9. The van der Waals surface area contributed by atoms with Crippen molar-refractivity contribution in [2.24, 2.45) is 5.41 Å². The second-order valence-electron chi connectivity index (χ2n) is 8.92. The van der Waals surface area contributed by atoms with Crippen LogP contribution in [0.2, 0.25) is 0 Å². The summed E-state index contributed by atoms with van der Waals surface area (Å²) in [6.07, 6.45) is 1.51. The molecule has 33 heavy (non-hydrogen) atoms. The number of nitrogens with zero attached hydrogens (tertiary/aromatic N) is 2. The Morgan fingerprint density at radius 1 is 0.848 bits per heavy atom. The van der Waals surface area contributed by atoms with E-state index in [4.69, 9.17) is 5.73 Å². The molecule has 0 radical (unpaired) electrons. The van der Waals surface area contributed by atoms with E-state index in [1.807, 2.05) is 54.6 Å². The van der Waals surface area contributed by atoms with E-state index in [1.165, 1.54) is 0 Å². The molecule has 0 unspecified atom stereocenters. The zero-order valence-corrected chi connectivity index (χ0v) is 19.7. The average molecular weight is 464 g/mol. The summed E-state index contributed by atoms with van der Waals surface area (Å²) < 4.78 is 28.6. The molecule has 0 fully saturated rings. The molecule has 0 aliphatic carbocycles. The summed E-state index contributed by atoms with van der Waals surface area (Å²) in [4.78, 5) is 9.16. The van der Waals surface area contributed by atoms with Crippen molar-refractivity contribution in [3.8, 4) is 0 Å². The Morgan fingerprint density at radius 2 is 1.52 bits per heavy atom. The van der Waals surface area contributed by atoms with Gasteiger partial charge in [-0.25, -0.2) is 18.1 Å². The smallest absolute Gasteiger partial charge is 0.241 e. The molecule has 172 valence electrons. The monoisotopic (exact) mass is 463 g/mol. The zero-order chi connectivity index (χ0) is 23.5. The van der Waals surface area contributed by atoms with E-state index < -0.39 is 10.0 Å². The lowest BCUT2D eigenvalue weighted by molar-refractivity contribution is 0.318. The van der Waals surface area contributed by atoms with Crippen molar-refractivity contribution < 1.29 is 8.42 Å². The maximum absolute atomic E-state index is 12.9. The Hall–Kier alpha value is -3.23. The molecule has 8 heteroatoms. The quantitative estimate of drug-likeness (QED) is 0.336. The standard InChI is InChI=1S/C25H29N5O2S/c1-25(2,14-16-27-24-29-21-12-6-5-11-20(21)23(26)30-24)15-17-28-33(31,32)22-13-7-9-18-8-3-4-10-19(18)22/h3-13,28H,14-17H2,1-2H3,(H3,26,27,29,30). The van der Waals surface area contributed by atoms with Gasteiger partial charge in [-0.1, -0.05) is 62.4 Å². The molecule has 0 bridgehead atoms. The predicted molar refractivity (Wildman–Crippen MR) is 135 cm³/mol. The van der Waals surface area contributed by atoms with Gasteiger partial charge >= 0.3 is 0 Å². The maximum Gasteiger partial charge on any atom is 0.241 e. The molecular formula is C25H29N5O2S. The summed E-state index contributed by atoms with van der Waals surface area (Å²) in [5.74, 6) is 0.948. The predicted octanol–water partition coefficient (Wildman–Crippen LogP) is 4.56. The molecule has 4 N–H and O–H groups in total. The number of nitrogen functional groups attached to an aromatic ring is 1. The van der Waals surface area contributed by atoms with E-state index in [2.05, 4.69) is 33.9 Å². The van der Waals surface area contributed by atoms with Crippen LogP contribution in [0.1, 0.15) is 26.7 Å². The first-order valence-electron chi connectivity index (χ1n) is 11.0. The number of hydrogen-bond acceptors (Lipinski definition) is 6. The number of nitrogens with two attached hydrogens (primary N) is 1. The highest BCUT2D eigenvalue weighted by Gasteiger charge is 2.21. The second-order valence-corrected chi connectivity index (χ2v) is 10.7.